The molecule has 1 atom stereocenters. The van der Waals surface area contributed by atoms with E-state index in [1.807, 2.05) is 6.92 Å². The Bertz CT molecular complexity index is 721. The number of aromatic nitrogens is 2. The molecule has 1 aromatic heterocycles. The summed E-state index contributed by atoms with van der Waals surface area (Å²) in [5, 5.41) is 13.5. The van der Waals surface area contributed by atoms with Crippen LogP contribution >= 0.6 is 0 Å². The van der Waals surface area contributed by atoms with Crippen LogP contribution in [0.3, 0.4) is 0 Å². The summed E-state index contributed by atoms with van der Waals surface area (Å²) in [4.78, 5) is 11.4. The van der Waals surface area contributed by atoms with Crippen molar-refractivity contribution in [2.24, 2.45) is 5.92 Å². The van der Waals surface area contributed by atoms with E-state index in [1.165, 1.54) is 10.7 Å². The van der Waals surface area contributed by atoms with Crippen LogP contribution in [0, 0.1) is 18.7 Å². The predicted molar refractivity (Wildman–Crippen MR) is 76.4 cm³/mol. The molecule has 2 aromatic rings. The second-order valence-electron chi connectivity index (χ2n) is 5.79. The standard InChI is InChI=1S/C16H17FN2O2/c1-9-4-6-13-11(7-9)15(16(20)21)18-19(13)14-8-10(2)3-5-12(14)17/h3,5,8-9H,4,6-7H2,1-2H3,(H,20,21). The monoisotopic (exact) mass is 288 g/mol. The summed E-state index contributed by atoms with van der Waals surface area (Å²) < 4.78 is 15.6. The van der Waals surface area contributed by atoms with Crippen molar-refractivity contribution in [1.29, 1.82) is 0 Å². The first kappa shape index (κ1) is 13.8. The van der Waals surface area contributed by atoms with Gasteiger partial charge >= 0.3 is 5.97 Å². The van der Waals surface area contributed by atoms with Crippen LogP contribution in [0.4, 0.5) is 4.39 Å². The Labute approximate surface area is 122 Å². The fraction of sp³-hybridized carbons (Fsp3) is 0.375. The fourth-order valence-electron chi connectivity index (χ4n) is 2.95. The predicted octanol–water partition coefficient (Wildman–Crippen LogP) is 3.14. The van der Waals surface area contributed by atoms with Crippen molar-refractivity contribution in [1.82, 2.24) is 9.78 Å². The Hall–Kier alpha value is -2.17. The van der Waals surface area contributed by atoms with Crippen LogP contribution in [0.25, 0.3) is 5.69 Å². The number of fused-ring (bicyclic) bond motifs is 1. The lowest BCUT2D eigenvalue weighted by molar-refractivity contribution is 0.0688. The molecule has 0 aliphatic heterocycles. The van der Waals surface area contributed by atoms with Gasteiger partial charge in [0.1, 0.15) is 11.5 Å². The Morgan fingerprint density at radius 3 is 2.95 bits per heavy atom. The van der Waals surface area contributed by atoms with Gasteiger partial charge in [0.25, 0.3) is 0 Å². The second kappa shape index (κ2) is 4.98. The van der Waals surface area contributed by atoms with E-state index < -0.39 is 5.97 Å². The number of benzene rings is 1. The summed E-state index contributed by atoms with van der Waals surface area (Å²) in [6.07, 6.45) is 2.37. The van der Waals surface area contributed by atoms with Crippen LogP contribution < -0.4 is 0 Å². The largest absolute Gasteiger partial charge is 0.476 e. The molecule has 0 spiro atoms. The highest BCUT2D eigenvalue weighted by Gasteiger charge is 2.28. The minimum atomic E-state index is -1.05. The first-order valence-electron chi connectivity index (χ1n) is 7.08. The van der Waals surface area contributed by atoms with Gasteiger partial charge in [0.2, 0.25) is 0 Å². The Morgan fingerprint density at radius 2 is 2.24 bits per heavy atom. The molecule has 4 nitrogen and oxygen atoms in total. The highest BCUT2D eigenvalue weighted by atomic mass is 19.1. The third-order valence-electron chi connectivity index (χ3n) is 4.05. The maximum atomic E-state index is 14.1. The lowest BCUT2D eigenvalue weighted by Gasteiger charge is -2.19. The van der Waals surface area contributed by atoms with Gasteiger partial charge in [-0.05, 0) is 49.8 Å². The lowest BCUT2D eigenvalue weighted by Crippen LogP contribution is -2.15. The maximum Gasteiger partial charge on any atom is 0.356 e. The van der Waals surface area contributed by atoms with Gasteiger partial charge < -0.3 is 5.11 Å². The topological polar surface area (TPSA) is 55.1 Å². The molecule has 3 rings (SSSR count). The smallest absolute Gasteiger partial charge is 0.356 e. The van der Waals surface area contributed by atoms with Crippen LogP contribution in [0.15, 0.2) is 18.2 Å². The minimum absolute atomic E-state index is 0.0532. The Morgan fingerprint density at radius 1 is 1.48 bits per heavy atom. The Balaban J connectivity index is 2.22. The van der Waals surface area contributed by atoms with E-state index in [9.17, 15) is 14.3 Å². The van der Waals surface area contributed by atoms with Gasteiger partial charge in [-0.2, -0.15) is 5.10 Å². The number of hydrogen-bond acceptors (Lipinski definition) is 2. The molecule has 1 N–H and O–H groups in total. The summed E-state index contributed by atoms with van der Waals surface area (Å²) in [6, 6.07) is 4.78. The van der Waals surface area contributed by atoms with E-state index >= 15 is 0 Å². The van der Waals surface area contributed by atoms with Gasteiger partial charge in [0.15, 0.2) is 5.69 Å². The molecule has 1 heterocycles. The molecular formula is C16H17FN2O2. The average molecular weight is 288 g/mol. The molecule has 110 valence electrons. The number of carboxylic acids is 1. The SMILES string of the molecule is Cc1ccc(F)c(-n2nc(C(=O)O)c3c2CCC(C)C3)c1. The van der Waals surface area contributed by atoms with E-state index in [4.69, 9.17) is 0 Å². The summed E-state index contributed by atoms with van der Waals surface area (Å²) >= 11 is 0. The van der Waals surface area contributed by atoms with E-state index in [-0.39, 0.29) is 11.5 Å². The highest BCUT2D eigenvalue weighted by molar-refractivity contribution is 5.87. The van der Waals surface area contributed by atoms with Crippen LogP contribution in [-0.2, 0) is 12.8 Å². The zero-order valence-electron chi connectivity index (χ0n) is 12.1. The van der Waals surface area contributed by atoms with Gasteiger partial charge in [-0.3, -0.25) is 0 Å². The molecule has 0 bridgehead atoms. The van der Waals surface area contributed by atoms with Crippen molar-refractivity contribution in [3.8, 4) is 5.69 Å². The minimum Gasteiger partial charge on any atom is -0.476 e. The first-order chi connectivity index (χ1) is 9.97. The molecule has 1 unspecified atom stereocenters. The van der Waals surface area contributed by atoms with Gasteiger partial charge in [-0.15, -0.1) is 0 Å². The zero-order chi connectivity index (χ0) is 15.1. The van der Waals surface area contributed by atoms with E-state index in [0.29, 0.717) is 18.0 Å². The molecule has 21 heavy (non-hydrogen) atoms. The van der Waals surface area contributed by atoms with Crippen LogP contribution in [0.2, 0.25) is 0 Å². The van der Waals surface area contributed by atoms with Gasteiger partial charge in [-0.1, -0.05) is 13.0 Å². The molecular weight excluding hydrogens is 271 g/mol. The quantitative estimate of drug-likeness (QED) is 0.923. The molecule has 1 aromatic carbocycles. The maximum absolute atomic E-state index is 14.1. The number of aromatic carboxylic acids is 1. The first-order valence-corrected chi connectivity index (χ1v) is 7.08. The average Bonchev–Trinajstić information content (AvgIpc) is 2.80. The van der Waals surface area contributed by atoms with Crippen molar-refractivity contribution in [3.63, 3.8) is 0 Å². The van der Waals surface area contributed by atoms with E-state index in [1.54, 1.807) is 12.1 Å². The van der Waals surface area contributed by atoms with E-state index in [2.05, 4.69) is 12.0 Å². The van der Waals surface area contributed by atoms with Crippen LogP contribution in [0.1, 0.15) is 40.7 Å². The Kier molecular flexibility index (Phi) is 3.27. The van der Waals surface area contributed by atoms with Crippen LogP contribution in [-0.4, -0.2) is 20.9 Å². The molecule has 0 amide bonds. The summed E-state index contributed by atoms with van der Waals surface area (Å²) in [5.74, 6) is -1.01. The van der Waals surface area contributed by atoms with Crippen molar-refractivity contribution in [3.05, 3.63) is 46.5 Å². The van der Waals surface area contributed by atoms with Gasteiger partial charge in [0, 0.05) is 11.3 Å². The number of aryl methyl sites for hydroxylation is 1. The summed E-state index contributed by atoms with van der Waals surface area (Å²) in [6.45, 7) is 3.97. The summed E-state index contributed by atoms with van der Waals surface area (Å²) in [7, 11) is 0. The molecule has 1 aliphatic carbocycles. The lowest BCUT2D eigenvalue weighted by atomic mass is 9.87. The van der Waals surface area contributed by atoms with Crippen molar-refractivity contribution >= 4 is 5.97 Å². The molecule has 0 fully saturated rings. The van der Waals surface area contributed by atoms with Crippen molar-refractivity contribution in [2.45, 2.75) is 33.1 Å². The third kappa shape index (κ3) is 2.33. The van der Waals surface area contributed by atoms with Crippen molar-refractivity contribution in [2.75, 3.05) is 0 Å². The van der Waals surface area contributed by atoms with Crippen LogP contribution in [0.5, 0.6) is 0 Å². The molecule has 0 saturated carbocycles. The highest BCUT2D eigenvalue weighted by Crippen LogP contribution is 2.30. The molecule has 1 aliphatic rings. The van der Waals surface area contributed by atoms with Crippen molar-refractivity contribution < 1.29 is 14.3 Å². The number of halogens is 1. The normalized spacial score (nSPS) is 17.6. The van der Waals surface area contributed by atoms with Gasteiger partial charge in [0.05, 0.1) is 0 Å². The molecule has 0 radical (unpaired) electrons. The zero-order valence-corrected chi connectivity index (χ0v) is 12.1. The van der Waals surface area contributed by atoms with Gasteiger partial charge in [-0.25, -0.2) is 13.9 Å². The number of nitrogens with zero attached hydrogens (tertiary/aromatic N) is 2. The third-order valence-corrected chi connectivity index (χ3v) is 4.05. The number of rotatable bonds is 2. The molecule has 0 saturated heterocycles. The number of carbonyl (C=O) groups is 1. The second-order valence-corrected chi connectivity index (χ2v) is 5.79. The summed E-state index contributed by atoms with van der Waals surface area (Å²) in [5.41, 5.74) is 2.87. The fourth-order valence-corrected chi connectivity index (χ4v) is 2.95. The molecule has 5 heteroatoms. The van der Waals surface area contributed by atoms with E-state index in [0.717, 1.165) is 29.7 Å². The number of carboxylic acid groups (broad SMARTS) is 1. The number of hydrogen-bond donors (Lipinski definition) is 1.